The summed E-state index contributed by atoms with van der Waals surface area (Å²) in [6.45, 7) is 6.86. The van der Waals surface area contributed by atoms with E-state index in [1.54, 1.807) is 13.8 Å². The highest BCUT2D eigenvalue weighted by Crippen LogP contribution is 2.30. The molecule has 1 fully saturated rings. The number of nitrogens with zero attached hydrogens (tertiary/aromatic N) is 1. The van der Waals surface area contributed by atoms with Gasteiger partial charge in [-0.3, -0.25) is 9.59 Å². The van der Waals surface area contributed by atoms with Crippen LogP contribution in [0.2, 0.25) is 0 Å². The Morgan fingerprint density at radius 1 is 1.04 bits per heavy atom. The van der Waals surface area contributed by atoms with E-state index in [1.165, 1.54) is 4.90 Å². The maximum absolute atomic E-state index is 13.6. The summed E-state index contributed by atoms with van der Waals surface area (Å²) < 4.78 is 43.7. The fraction of sp³-hybridized carbons (Fsp3) is 0.515. The van der Waals surface area contributed by atoms with Gasteiger partial charge in [-0.1, -0.05) is 63.2 Å². The first kappa shape index (κ1) is 37.3. The Labute approximate surface area is 261 Å². The van der Waals surface area contributed by atoms with Crippen LogP contribution in [-0.2, 0) is 30.3 Å². The third-order valence-corrected chi connectivity index (χ3v) is 7.61. The van der Waals surface area contributed by atoms with Crippen molar-refractivity contribution in [3.05, 3.63) is 65.7 Å². The van der Waals surface area contributed by atoms with Crippen molar-refractivity contribution in [2.24, 2.45) is 11.1 Å². The van der Waals surface area contributed by atoms with E-state index in [-0.39, 0.29) is 0 Å². The first-order valence-electron chi connectivity index (χ1n) is 15.0. The van der Waals surface area contributed by atoms with Crippen molar-refractivity contribution in [3.63, 3.8) is 0 Å². The van der Waals surface area contributed by atoms with Gasteiger partial charge in [0.1, 0.15) is 17.9 Å². The van der Waals surface area contributed by atoms with Crippen molar-refractivity contribution in [1.82, 2.24) is 4.90 Å². The number of aryl methyl sites for hydroxylation is 1. The molecular weight excluding hydrogens is 593 g/mol. The quantitative estimate of drug-likeness (QED) is 0.164. The number of rotatable bonds is 13. The minimum Gasteiger partial charge on any atom is -0.494 e. The molecule has 1 aliphatic heterocycles. The molecule has 0 bridgehead atoms. The van der Waals surface area contributed by atoms with E-state index in [9.17, 15) is 27.6 Å². The molecule has 1 aliphatic rings. The zero-order valence-electron chi connectivity index (χ0n) is 26.0. The van der Waals surface area contributed by atoms with Gasteiger partial charge in [0.05, 0.1) is 6.61 Å². The van der Waals surface area contributed by atoms with E-state index >= 15 is 0 Å². The third-order valence-electron chi connectivity index (χ3n) is 7.61. The smallest absolute Gasteiger partial charge is 0.490 e. The molecule has 1 saturated heterocycles. The number of carboxylic acids is 1. The number of ketones is 1. The van der Waals surface area contributed by atoms with Crippen LogP contribution >= 0.6 is 0 Å². The molecule has 0 aromatic heterocycles. The molecule has 2 aromatic rings. The lowest BCUT2D eigenvalue weighted by molar-refractivity contribution is -0.192. The predicted molar refractivity (Wildman–Crippen MR) is 161 cm³/mol. The number of carboxylic acid groups (broad SMARTS) is 1. The molecule has 45 heavy (non-hydrogen) atoms. The Bertz CT molecular complexity index is 1270. The van der Waals surface area contributed by atoms with Gasteiger partial charge in [0.15, 0.2) is 0 Å². The topological polar surface area (TPSA) is 136 Å². The number of halogens is 3. The first-order chi connectivity index (χ1) is 21.2. The zero-order chi connectivity index (χ0) is 33.6. The number of amides is 1. The molecule has 248 valence electrons. The highest BCUT2D eigenvalue weighted by molar-refractivity contribution is 6.38. The molecule has 2 atom stereocenters. The summed E-state index contributed by atoms with van der Waals surface area (Å²) >= 11 is 0. The Morgan fingerprint density at radius 3 is 2.31 bits per heavy atom. The number of ether oxygens (including phenoxy) is 2. The van der Waals surface area contributed by atoms with Crippen LogP contribution in [0.15, 0.2) is 54.6 Å². The molecule has 0 saturated carbocycles. The van der Waals surface area contributed by atoms with E-state index in [1.807, 2.05) is 61.5 Å². The molecule has 3 N–H and O–H groups in total. The van der Waals surface area contributed by atoms with Gasteiger partial charge in [0.25, 0.3) is 5.91 Å². The molecule has 0 unspecified atom stereocenters. The fourth-order valence-corrected chi connectivity index (χ4v) is 4.53. The first-order valence-corrected chi connectivity index (χ1v) is 15.0. The van der Waals surface area contributed by atoms with Crippen molar-refractivity contribution in [2.45, 2.75) is 84.0 Å². The predicted octanol–water partition coefficient (Wildman–Crippen LogP) is 5.65. The van der Waals surface area contributed by atoms with E-state index in [2.05, 4.69) is 0 Å². The average molecular weight is 637 g/mol. The van der Waals surface area contributed by atoms with Gasteiger partial charge in [-0.05, 0) is 74.8 Å². The zero-order valence-corrected chi connectivity index (χ0v) is 26.0. The van der Waals surface area contributed by atoms with Gasteiger partial charge in [-0.15, -0.1) is 0 Å². The van der Waals surface area contributed by atoms with Crippen molar-refractivity contribution < 1.29 is 46.9 Å². The van der Waals surface area contributed by atoms with Gasteiger partial charge in [0, 0.05) is 12.0 Å². The Kier molecular flexibility index (Phi) is 14.5. The molecule has 1 amide bonds. The van der Waals surface area contributed by atoms with Crippen molar-refractivity contribution in [3.8, 4) is 5.75 Å². The van der Waals surface area contributed by atoms with Crippen LogP contribution in [0.4, 0.5) is 13.2 Å². The number of hydrogen-bond donors (Lipinski definition) is 2. The molecular formula is C33H43F3N2O7. The Morgan fingerprint density at radius 2 is 1.71 bits per heavy atom. The molecule has 1 heterocycles. The lowest BCUT2D eigenvalue weighted by atomic mass is 9.84. The fourth-order valence-electron chi connectivity index (χ4n) is 4.53. The molecule has 2 aromatic carbocycles. The number of carbonyl (C=O) groups excluding carboxylic acids is 3. The highest BCUT2D eigenvalue weighted by Gasteiger charge is 2.41. The maximum Gasteiger partial charge on any atom is 0.490 e. The van der Waals surface area contributed by atoms with Gasteiger partial charge in [-0.25, -0.2) is 9.59 Å². The summed E-state index contributed by atoms with van der Waals surface area (Å²) in [6.07, 6.45) is -0.983. The Balaban J connectivity index is 0.000000900. The van der Waals surface area contributed by atoms with E-state index in [0.29, 0.717) is 51.1 Å². The van der Waals surface area contributed by atoms with Crippen LogP contribution in [-0.4, -0.2) is 65.6 Å². The number of alkyl halides is 3. The van der Waals surface area contributed by atoms with Crippen molar-refractivity contribution in [2.75, 3.05) is 19.7 Å². The summed E-state index contributed by atoms with van der Waals surface area (Å²) in [7, 11) is 0. The summed E-state index contributed by atoms with van der Waals surface area (Å²) in [5.41, 5.74) is 6.79. The molecule has 12 heteroatoms. The van der Waals surface area contributed by atoms with E-state index in [4.69, 9.17) is 25.1 Å². The number of hydrogen-bond acceptors (Lipinski definition) is 7. The minimum atomic E-state index is -5.08. The van der Waals surface area contributed by atoms with Gasteiger partial charge in [0.2, 0.25) is 5.78 Å². The number of carbonyl (C=O) groups is 4. The van der Waals surface area contributed by atoms with Gasteiger partial charge in [-0.2, -0.15) is 13.2 Å². The lowest BCUT2D eigenvalue weighted by Crippen LogP contribution is -2.53. The van der Waals surface area contributed by atoms with Crippen LogP contribution in [0.5, 0.6) is 5.75 Å². The van der Waals surface area contributed by atoms with Crippen molar-refractivity contribution in [1.29, 1.82) is 0 Å². The summed E-state index contributed by atoms with van der Waals surface area (Å²) in [5, 5.41) is 7.12. The number of Topliss-reactive ketones (excluding diaryl/α,β-unsaturated/α-hetero) is 1. The summed E-state index contributed by atoms with van der Waals surface area (Å²) in [6, 6.07) is 16.9. The van der Waals surface area contributed by atoms with Gasteiger partial charge < -0.3 is 25.2 Å². The molecule has 9 nitrogen and oxygen atoms in total. The van der Waals surface area contributed by atoms with E-state index in [0.717, 1.165) is 30.4 Å². The molecule has 0 spiro atoms. The molecule has 0 aliphatic carbocycles. The Hall–Kier alpha value is -3.93. The molecule has 0 radical (unpaired) electrons. The van der Waals surface area contributed by atoms with Crippen molar-refractivity contribution >= 4 is 23.6 Å². The number of aliphatic carboxylic acids is 1. The standard InChI is InChI=1S/C31H42N2O5.C2HF3O2/c1-4-31(2,3)28(34)29(35)33-20-9-8-16-26(33)30(36)38-27(18-17-23-12-6-5-7-13-23)24-14-10-15-25(22-24)37-21-11-19-32;3-2(4,5)1(6)7/h5-7,10,12-15,22,26-27H,4,8-9,11,16-21,32H2,1-3H3;(H,6,7)/t26-,27+;/m0./s1. The number of esters is 1. The maximum atomic E-state index is 13.6. The minimum absolute atomic E-state index is 0.378. The largest absolute Gasteiger partial charge is 0.494 e. The highest BCUT2D eigenvalue weighted by atomic mass is 19.4. The third kappa shape index (κ3) is 11.8. The number of benzene rings is 2. The lowest BCUT2D eigenvalue weighted by Gasteiger charge is -2.36. The van der Waals surface area contributed by atoms with Crippen LogP contribution in [0.1, 0.15) is 76.5 Å². The SMILES string of the molecule is CCC(C)(C)C(=O)C(=O)N1CCCC[C@H]1C(=O)O[C@H](CCc1ccccc1)c1cccc(OCCCN)c1.O=C(O)C(F)(F)F. The normalized spacial score (nSPS) is 15.7. The second-order valence-corrected chi connectivity index (χ2v) is 11.4. The second kappa shape index (κ2) is 17.5. The second-order valence-electron chi connectivity index (χ2n) is 11.4. The number of piperidine rings is 1. The average Bonchev–Trinajstić information content (AvgIpc) is 3.02. The monoisotopic (exact) mass is 636 g/mol. The van der Waals surface area contributed by atoms with Crippen LogP contribution in [0, 0.1) is 5.41 Å². The van der Waals surface area contributed by atoms with Gasteiger partial charge >= 0.3 is 18.1 Å². The number of nitrogens with two attached hydrogens (primary N) is 1. The molecule has 3 rings (SSSR count). The van der Waals surface area contributed by atoms with Crippen LogP contribution < -0.4 is 10.5 Å². The van der Waals surface area contributed by atoms with E-state index < -0.39 is 47.4 Å². The summed E-state index contributed by atoms with van der Waals surface area (Å²) in [5.74, 6) is -3.57. The number of likely N-dealkylation sites (tertiary alicyclic amines) is 1. The summed E-state index contributed by atoms with van der Waals surface area (Å²) in [4.78, 5) is 50.1. The van der Waals surface area contributed by atoms with Crippen LogP contribution in [0.25, 0.3) is 0 Å². The van der Waals surface area contributed by atoms with Crippen LogP contribution in [0.3, 0.4) is 0 Å².